The fourth-order valence-corrected chi connectivity index (χ4v) is 18.6. The smallest absolute Gasteiger partial charge is 0.261 e. The van der Waals surface area contributed by atoms with Crippen LogP contribution in [0.2, 0.25) is 10.1 Å². The summed E-state index contributed by atoms with van der Waals surface area (Å²) >= 11 is 0. The number of rotatable bonds is 12. The van der Waals surface area contributed by atoms with Crippen molar-refractivity contribution >= 4 is 37.4 Å². The van der Waals surface area contributed by atoms with Crippen molar-refractivity contribution in [3.63, 3.8) is 0 Å². The first-order valence-electron chi connectivity index (χ1n) is 20.0. The Kier molecular flexibility index (Phi) is 11.6. The summed E-state index contributed by atoms with van der Waals surface area (Å²) in [7, 11) is -5.22. The van der Waals surface area contributed by atoms with Gasteiger partial charge in [0, 0.05) is 0 Å². The van der Waals surface area contributed by atoms with Gasteiger partial charge in [0.25, 0.3) is 16.6 Å². The van der Waals surface area contributed by atoms with Crippen molar-refractivity contribution < 1.29 is 23.1 Å². The number of hydrogen-bond acceptors (Lipinski definition) is 5. The first kappa shape index (κ1) is 38.4. The SMILES string of the molecule is CC(C)(C)[Si](OC[C@@H]1CC[C@@H]([C@@H]2CC[C@@H]([C@@H]3CC[C@@H](CO[Si](c4ccccc4)(c4ccccc4)C(C)(C)C)O3)O2)O1)(c1ccccc1)c1ccccc1. The molecule has 3 aliphatic rings. The van der Waals surface area contributed by atoms with Crippen LogP contribution in [0.1, 0.15) is 80.1 Å². The monoisotopic (exact) mass is 748 g/mol. The maximum Gasteiger partial charge on any atom is 0.261 e. The van der Waals surface area contributed by atoms with Crippen LogP contribution >= 0.6 is 0 Å². The summed E-state index contributed by atoms with van der Waals surface area (Å²) in [5.74, 6) is 0. The quantitative estimate of drug-likeness (QED) is 0.139. The van der Waals surface area contributed by atoms with E-state index >= 15 is 0 Å². The lowest BCUT2D eigenvalue weighted by Crippen LogP contribution is -2.67. The molecule has 5 nitrogen and oxygen atoms in total. The van der Waals surface area contributed by atoms with Gasteiger partial charge in [0.2, 0.25) is 0 Å². The normalized spacial score (nSPS) is 25.5. The van der Waals surface area contributed by atoms with Crippen LogP contribution in [0.5, 0.6) is 0 Å². The molecule has 3 heterocycles. The molecule has 0 radical (unpaired) electrons. The van der Waals surface area contributed by atoms with E-state index in [0.717, 1.165) is 38.5 Å². The van der Waals surface area contributed by atoms with Gasteiger partial charge in [0.15, 0.2) is 0 Å². The molecule has 0 unspecified atom stereocenters. The molecule has 4 aromatic rings. The first-order valence-corrected chi connectivity index (χ1v) is 23.8. The predicted molar refractivity (Wildman–Crippen MR) is 221 cm³/mol. The summed E-state index contributed by atoms with van der Waals surface area (Å²) in [6.07, 6.45) is 6.57. The van der Waals surface area contributed by atoms with Crippen LogP contribution in [0, 0.1) is 0 Å². The molecule has 282 valence electrons. The maximum absolute atomic E-state index is 7.24. The van der Waals surface area contributed by atoms with Crippen molar-refractivity contribution in [2.75, 3.05) is 13.2 Å². The lowest BCUT2D eigenvalue weighted by atomic mass is 10.0. The zero-order valence-electron chi connectivity index (χ0n) is 32.7. The maximum atomic E-state index is 7.24. The van der Waals surface area contributed by atoms with Crippen molar-refractivity contribution in [3.05, 3.63) is 121 Å². The Hall–Kier alpha value is -2.89. The summed E-state index contributed by atoms with van der Waals surface area (Å²) < 4.78 is 34.8. The highest BCUT2D eigenvalue weighted by molar-refractivity contribution is 7.00. The minimum atomic E-state index is -2.61. The summed E-state index contributed by atoms with van der Waals surface area (Å²) in [5.41, 5.74) is 0. The van der Waals surface area contributed by atoms with Gasteiger partial charge in [0.05, 0.1) is 49.8 Å². The van der Waals surface area contributed by atoms with E-state index in [9.17, 15) is 0 Å². The minimum Gasteiger partial charge on any atom is -0.405 e. The molecule has 0 aromatic heterocycles. The molecule has 6 atom stereocenters. The van der Waals surface area contributed by atoms with E-state index in [-0.39, 0.29) is 46.7 Å². The molecule has 7 rings (SSSR count). The largest absolute Gasteiger partial charge is 0.405 e. The van der Waals surface area contributed by atoms with Crippen molar-refractivity contribution in [1.29, 1.82) is 0 Å². The molecule has 3 aliphatic heterocycles. The average molecular weight is 749 g/mol. The van der Waals surface area contributed by atoms with Crippen molar-refractivity contribution in [3.8, 4) is 0 Å². The van der Waals surface area contributed by atoms with Gasteiger partial charge < -0.3 is 23.1 Å². The van der Waals surface area contributed by atoms with Gasteiger partial charge in [-0.25, -0.2) is 0 Å². The van der Waals surface area contributed by atoms with Gasteiger partial charge in [-0.15, -0.1) is 0 Å². The summed E-state index contributed by atoms with van der Waals surface area (Å²) in [5, 5.41) is 5.12. The Balaban J connectivity index is 0.964. The summed E-state index contributed by atoms with van der Waals surface area (Å²) in [6.45, 7) is 15.2. The highest BCUT2D eigenvalue weighted by Gasteiger charge is 2.52. The fourth-order valence-electron chi connectivity index (χ4n) is 9.45. The van der Waals surface area contributed by atoms with Crippen LogP contribution in [0.15, 0.2) is 121 Å². The third-order valence-corrected chi connectivity index (χ3v) is 22.0. The number of ether oxygens (including phenoxy) is 3. The second-order valence-corrected chi connectivity index (χ2v) is 26.1. The van der Waals surface area contributed by atoms with Crippen molar-refractivity contribution in [1.82, 2.24) is 0 Å². The third kappa shape index (κ3) is 7.81. The highest BCUT2D eigenvalue weighted by Crippen LogP contribution is 2.41. The zero-order chi connectivity index (χ0) is 37.1. The summed E-state index contributed by atoms with van der Waals surface area (Å²) in [6, 6.07) is 43.6. The standard InChI is InChI=1S/C46H60O5Si2/c1-45(2,3)52(37-19-11-7-12-20-37,38-21-13-8-14-22-38)47-33-35-27-29-41(49-35)43-31-32-44(51-43)42-30-28-36(50-42)34-48-53(46(4,5)6,39-23-15-9-16-24-39)40-25-17-10-18-26-40/h7-26,35-36,41-44H,27-34H2,1-6H3/t35-,36-,41-,42-,43-,44-/m0/s1. The van der Waals surface area contributed by atoms with E-state index in [2.05, 4.69) is 163 Å². The van der Waals surface area contributed by atoms with Gasteiger partial charge in [-0.2, -0.15) is 0 Å². The zero-order valence-corrected chi connectivity index (χ0v) is 34.7. The van der Waals surface area contributed by atoms with Crippen molar-refractivity contribution in [2.24, 2.45) is 0 Å². The number of benzene rings is 4. The fraction of sp³-hybridized carbons (Fsp3) is 0.478. The third-order valence-electron chi connectivity index (χ3n) is 12.0. The van der Waals surface area contributed by atoms with E-state index in [1.807, 2.05) is 0 Å². The molecule has 0 saturated carbocycles. The topological polar surface area (TPSA) is 46.2 Å². The lowest BCUT2D eigenvalue weighted by molar-refractivity contribution is -0.110. The van der Waals surface area contributed by atoms with Crippen LogP contribution in [-0.4, -0.2) is 66.5 Å². The molecule has 3 saturated heterocycles. The molecule has 0 amide bonds. The van der Waals surface area contributed by atoms with Crippen molar-refractivity contribution in [2.45, 2.75) is 127 Å². The predicted octanol–water partition coefficient (Wildman–Crippen LogP) is 7.78. The molecule has 0 bridgehead atoms. The minimum absolute atomic E-state index is 0.0564. The lowest BCUT2D eigenvalue weighted by Gasteiger charge is -2.43. The molecule has 3 fully saturated rings. The van der Waals surface area contributed by atoms with Gasteiger partial charge in [-0.3, -0.25) is 0 Å². The molecule has 53 heavy (non-hydrogen) atoms. The molecular formula is C46H60O5Si2. The molecule has 0 aliphatic carbocycles. The summed E-state index contributed by atoms with van der Waals surface area (Å²) in [4.78, 5) is 0. The van der Waals surface area contributed by atoms with Gasteiger partial charge in [-0.05, 0) is 69.3 Å². The number of hydrogen-bond donors (Lipinski definition) is 0. The Morgan fingerprint density at radius 2 is 0.679 bits per heavy atom. The van der Waals surface area contributed by atoms with E-state index < -0.39 is 16.6 Å². The Morgan fingerprint density at radius 1 is 0.415 bits per heavy atom. The second-order valence-electron chi connectivity index (χ2n) is 17.5. The Morgan fingerprint density at radius 3 is 0.962 bits per heavy atom. The van der Waals surface area contributed by atoms with E-state index in [4.69, 9.17) is 23.1 Å². The van der Waals surface area contributed by atoms with Crippen LogP contribution in [-0.2, 0) is 23.1 Å². The molecule has 4 aromatic carbocycles. The van der Waals surface area contributed by atoms with E-state index in [1.54, 1.807) is 0 Å². The molecule has 0 N–H and O–H groups in total. The highest BCUT2D eigenvalue weighted by atomic mass is 28.4. The van der Waals surface area contributed by atoms with Crippen LogP contribution < -0.4 is 20.7 Å². The Labute approximate surface area is 320 Å². The first-order chi connectivity index (χ1) is 25.5. The molecule has 7 heteroatoms. The van der Waals surface area contributed by atoms with E-state index in [1.165, 1.54) is 20.7 Å². The molecule has 0 spiro atoms. The second kappa shape index (κ2) is 16.1. The van der Waals surface area contributed by atoms with Gasteiger partial charge in [0.1, 0.15) is 0 Å². The van der Waals surface area contributed by atoms with Crippen LogP contribution in [0.25, 0.3) is 0 Å². The average Bonchev–Trinajstić information content (AvgIpc) is 3.95. The van der Waals surface area contributed by atoms with Crippen LogP contribution in [0.4, 0.5) is 0 Å². The van der Waals surface area contributed by atoms with E-state index in [0.29, 0.717) is 13.2 Å². The molecular weight excluding hydrogens is 689 g/mol. The Bertz CT molecular complexity index is 1520. The van der Waals surface area contributed by atoms with Gasteiger partial charge >= 0.3 is 0 Å². The van der Waals surface area contributed by atoms with Gasteiger partial charge in [-0.1, -0.05) is 163 Å². The van der Waals surface area contributed by atoms with Crippen LogP contribution in [0.3, 0.4) is 0 Å².